The standard InChI is InChI=1S/C14H21NO2S/c1-14(2,3)18-8-7-15-10-11-5-4-6-12(9-11)13(16)17/h4-6,9,15H,7-8,10H2,1-3H3,(H,16,17). The van der Waals surface area contributed by atoms with Crippen molar-refractivity contribution < 1.29 is 9.90 Å². The highest BCUT2D eigenvalue weighted by atomic mass is 32.2. The van der Waals surface area contributed by atoms with E-state index < -0.39 is 5.97 Å². The average molecular weight is 267 g/mol. The fraction of sp³-hybridized carbons (Fsp3) is 0.500. The molecule has 3 nitrogen and oxygen atoms in total. The predicted octanol–water partition coefficient (Wildman–Crippen LogP) is 3.01. The third kappa shape index (κ3) is 6.07. The third-order valence-corrected chi connectivity index (χ3v) is 3.59. The molecule has 0 amide bonds. The van der Waals surface area contributed by atoms with Crippen LogP contribution in [0.2, 0.25) is 0 Å². The number of benzene rings is 1. The summed E-state index contributed by atoms with van der Waals surface area (Å²) in [5.41, 5.74) is 1.36. The van der Waals surface area contributed by atoms with E-state index in [2.05, 4.69) is 26.1 Å². The van der Waals surface area contributed by atoms with Crippen LogP contribution in [0.5, 0.6) is 0 Å². The molecule has 0 fully saturated rings. The normalized spacial score (nSPS) is 11.5. The van der Waals surface area contributed by atoms with E-state index in [4.69, 9.17) is 5.11 Å². The highest BCUT2D eigenvalue weighted by molar-refractivity contribution is 8.00. The molecule has 0 aliphatic carbocycles. The van der Waals surface area contributed by atoms with E-state index in [1.807, 2.05) is 17.8 Å². The maximum Gasteiger partial charge on any atom is 0.335 e. The minimum absolute atomic E-state index is 0.297. The monoisotopic (exact) mass is 267 g/mol. The zero-order chi connectivity index (χ0) is 13.6. The number of carbonyl (C=O) groups is 1. The molecule has 0 heterocycles. The number of carboxylic acids is 1. The topological polar surface area (TPSA) is 49.3 Å². The largest absolute Gasteiger partial charge is 0.478 e. The van der Waals surface area contributed by atoms with Gasteiger partial charge in [-0.05, 0) is 17.7 Å². The molecule has 1 aromatic rings. The summed E-state index contributed by atoms with van der Waals surface area (Å²) in [7, 11) is 0. The maximum absolute atomic E-state index is 10.8. The summed E-state index contributed by atoms with van der Waals surface area (Å²) in [6.45, 7) is 8.25. The molecule has 0 bridgehead atoms. The first-order valence-electron chi connectivity index (χ1n) is 6.05. The van der Waals surface area contributed by atoms with E-state index in [1.54, 1.807) is 18.2 Å². The van der Waals surface area contributed by atoms with Crippen LogP contribution in [-0.4, -0.2) is 28.1 Å². The minimum atomic E-state index is -0.875. The molecule has 0 radical (unpaired) electrons. The molecule has 0 spiro atoms. The van der Waals surface area contributed by atoms with Crippen LogP contribution in [0.15, 0.2) is 24.3 Å². The highest BCUT2D eigenvalue weighted by Gasteiger charge is 2.09. The van der Waals surface area contributed by atoms with Crippen LogP contribution in [-0.2, 0) is 6.54 Å². The number of hydrogen-bond acceptors (Lipinski definition) is 3. The zero-order valence-electron chi connectivity index (χ0n) is 11.2. The van der Waals surface area contributed by atoms with Gasteiger partial charge in [0, 0.05) is 23.6 Å². The first-order chi connectivity index (χ1) is 8.38. The van der Waals surface area contributed by atoms with Gasteiger partial charge in [-0.1, -0.05) is 32.9 Å². The molecular weight excluding hydrogens is 246 g/mol. The van der Waals surface area contributed by atoms with Crippen LogP contribution >= 0.6 is 11.8 Å². The van der Waals surface area contributed by atoms with Crippen molar-refractivity contribution in [1.29, 1.82) is 0 Å². The molecule has 0 aliphatic heterocycles. The average Bonchev–Trinajstić information content (AvgIpc) is 2.27. The summed E-state index contributed by atoms with van der Waals surface area (Å²) in [5, 5.41) is 12.2. The Balaban J connectivity index is 2.31. The van der Waals surface area contributed by atoms with E-state index in [-0.39, 0.29) is 0 Å². The van der Waals surface area contributed by atoms with Crippen LogP contribution in [0.3, 0.4) is 0 Å². The number of aromatic carboxylic acids is 1. The molecular formula is C14H21NO2S. The lowest BCUT2D eigenvalue weighted by Gasteiger charge is -2.17. The summed E-state index contributed by atoms with van der Waals surface area (Å²) in [5.74, 6) is 0.183. The van der Waals surface area contributed by atoms with E-state index in [9.17, 15) is 4.79 Å². The van der Waals surface area contributed by atoms with E-state index in [0.29, 0.717) is 16.9 Å². The Morgan fingerprint density at radius 3 is 2.72 bits per heavy atom. The van der Waals surface area contributed by atoms with Gasteiger partial charge in [-0.2, -0.15) is 11.8 Å². The fourth-order valence-electron chi connectivity index (χ4n) is 1.48. The van der Waals surface area contributed by atoms with Crippen LogP contribution in [0.1, 0.15) is 36.7 Å². The maximum atomic E-state index is 10.8. The minimum Gasteiger partial charge on any atom is -0.478 e. The zero-order valence-corrected chi connectivity index (χ0v) is 12.0. The first kappa shape index (κ1) is 15.1. The molecule has 0 unspecified atom stereocenters. The summed E-state index contributed by atoms with van der Waals surface area (Å²) >= 11 is 1.92. The molecule has 2 N–H and O–H groups in total. The molecule has 4 heteroatoms. The summed E-state index contributed by atoms with van der Waals surface area (Å²) < 4.78 is 0.297. The van der Waals surface area contributed by atoms with Gasteiger partial charge in [0.05, 0.1) is 5.56 Å². The second-order valence-electron chi connectivity index (χ2n) is 5.14. The fourth-order valence-corrected chi connectivity index (χ4v) is 2.34. The van der Waals surface area contributed by atoms with Gasteiger partial charge in [0.2, 0.25) is 0 Å². The van der Waals surface area contributed by atoms with Crippen molar-refractivity contribution in [3.05, 3.63) is 35.4 Å². The van der Waals surface area contributed by atoms with Crippen molar-refractivity contribution in [3.63, 3.8) is 0 Å². The Kier molecular flexibility index (Phi) is 5.69. The van der Waals surface area contributed by atoms with Gasteiger partial charge in [0.1, 0.15) is 0 Å². The lowest BCUT2D eigenvalue weighted by molar-refractivity contribution is 0.0696. The van der Waals surface area contributed by atoms with E-state index >= 15 is 0 Å². The van der Waals surface area contributed by atoms with Gasteiger partial charge >= 0.3 is 5.97 Å². The SMILES string of the molecule is CC(C)(C)SCCNCc1cccc(C(=O)O)c1. The van der Waals surface area contributed by atoms with Crippen LogP contribution in [0.4, 0.5) is 0 Å². The molecule has 1 rings (SSSR count). The van der Waals surface area contributed by atoms with Crippen molar-refractivity contribution in [2.45, 2.75) is 32.1 Å². The predicted molar refractivity (Wildman–Crippen MR) is 77.3 cm³/mol. The number of thioether (sulfide) groups is 1. The van der Waals surface area contributed by atoms with Crippen LogP contribution < -0.4 is 5.32 Å². The number of rotatable bonds is 6. The second kappa shape index (κ2) is 6.81. The molecule has 1 aromatic carbocycles. The van der Waals surface area contributed by atoms with Gasteiger partial charge in [-0.15, -0.1) is 0 Å². The van der Waals surface area contributed by atoms with Gasteiger partial charge in [-0.25, -0.2) is 4.79 Å². The lowest BCUT2D eigenvalue weighted by atomic mass is 10.1. The number of hydrogen-bond donors (Lipinski definition) is 2. The second-order valence-corrected chi connectivity index (χ2v) is 7.06. The smallest absolute Gasteiger partial charge is 0.335 e. The Morgan fingerprint density at radius 1 is 1.39 bits per heavy atom. The Labute approximate surface area is 113 Å². The summed E-state index contributed by atoms with van der Waals surface area (Å²) in [6, 6.07) is 7.05. The third-order valence-electron chi connectivity index (χ3n) is 2.32. The first-order valence-corrected chi connectivity index (χ1v) is 7.04. The van der Waals surface area contributed by atoms with Gasteiger partial charge < -0.3 is 10.4 Å². The molecule has 0 atom stereocenters. The van der Waals surface area contributed by atoms with Crippen LogP contribution in [0, 0.1) is 0 Å². The highest BCUT2D eigenvalue weighted by Crippen LogP contribution is 2.22. The van der Waals surface area contributed by atoms with Crippen molar-refractivity contribution in [2.24, 2.45) is 0 Å². The Morgan fingerprint density at radius 2 is 2.11 bits per heavy atom. The van der Waals surface area contributed by atoms with E-state index in [1.165, 1.54) is 0 Å². The molecule has 0 aliphatic rings. The molecule has 0 saturated carbocycles. The van der Waals surface area contributed by atoms with Gasteiger partial charge in [0.25, 0.3) is 0 Å². The van der Waals surface area contributed by atoms with E-state index in [0.717, 1.165) is 17.9 Å². The lowest BCUT2D eigenvalue weighted by Crippen LogP contribution is -2.19. The van der Waals surface area contributed by atoms with Gasteiger partial charge in [0.15, 0.2) is 0 Å². The number of nitrogens with one attached hydrogen (secondary N) is 1. The Hall–Kier alpha value is -1.00. The summed E-state index contributed by atoms with van der Waals surface area (Å²) in [4.78, 5) is 10.8. The van der Waals surface area contributed by atoms with Crippen molar-refractivity contribution in [2.75, 3.05) is 12.3 Å². The Bertz CT molecular complexity index is 399. The van der Waals surface area contributed by atoms with Crippen LogP contribution in [0.25, 0.3) is 0 Å². The molecule has 0 aromatic heterocycles. The summed E-state index contributed by atoms with van der Waals surface area (Å²) in [6.07, 6.45) is 0. The van der Waals surface area contributed by atoms with Crippen molar-refractivity contribution in [1.82, 2.24) is 5.32 Å². The van der Waals surface area contributed by atoms with Crippen molar-refractivity contribution in [3.8, 4) is 0 Å². The quantitative estimate of drug-likeness (QED) is 0.778. The van der Waals surface area contributed by atoms with Crippen molar-refractivity contribution >= 4 is 17.7 Å². The number of carboxylic acid groups (broad SMARTS) is 1. The molecule has 100 valence electrons. The molecule has 0 saturated heterocycles. The molecule has 18 heavy (non-hydrogen) atoms. The van der Waals surface area contributed by atoms with Gasteiger partial charge in [-0.3, -0.25) is 0 Å².